The van der Waals surface area contributed by atoms with E-state index in [0.717, 1.165) is 11.3 Å². The van der Waals surface area contributed by atoms with Crippen LogP contribution in [-0.2, 0) is 0 Å². The van der Waals surface area contributed by atoms with Crippen LogP contribution in [0.3, 0.4) is 0 Å². The van der Waals surface area contributed by atoms with Crippen molar-refractivity contribution in [1.82, 2.24) is 4.09 Å². The molecule has 1 aromatic heterocycles. The molecule has 0 saturated carbocycles. The van der Waals surface area contributed by atoms with E-state index in [0.29, 0.717) is 0 Å². The maximum absolute atomic E-state index is 5.50. The number of hydrogen-bond acceptors (Lipinski definition) is 1. The largest absolute Gasteiger partial charge is 0.397 e. The van der Waals surface area contributed by atoms with Crippen LogP contribution in [0, 0.1) is 6.92 Å². The SMILES string of the molecule is Cc1cn(Cl)cc1N. The lowest BCUT2D eigenvalue weighted by Crippen LogP contribution is -1.80. The predicted molar refractivity (Wildman–Crippen MR) is 34.8 cm³/mol. The van der Waals surface area contributed by atoms with Gasteiger partial charge in [-0.05, 0) is 12.5 Å². The highest BCUT2D eigenvalue weighted by atomic mass is 35.5. The Bertz CT molecular complexity index is 173. The maximum Gasteiger partial charge on any atom is 0.0538 e. The van der Waals surface area contributed by atoms with Gasteiger partial charge in [-0.25, -0.2) is 0 Å². The summed E-state index contributed by atoms with van der Waals surface area (Å²) in [6, 6.07) is 0. The number of nitrogen functional groups attached to an aromatic ring is 1. The average Bonchev–Trinajstić information content (AvgIpc) is 1.85. The van der Waals surface area contributed by atoms with Gasteiger partial charge in [-0.1, -0.05) is 0 Å². The van der Waals surface area contributed by atoms with Crippen LogP contribution < -0.4 is 5.73 Å². The summed E-state index contributed by atoms with van der Waals surface area (Å²) in [5.41, 5.74) is 7.19. The highest BCUT2D eigenvalue weighted by molar-refractivity contribution is 6.15. The molecule has 0 atom stereocenters. The Balaban J connectivity index is 3.14. The van der Waals surface area contributed by atoms with Gasteiger partial charge in [0, 0.05) is 24.2 Å². The topological polar surface area (TPSA) is 30.9 Å². The highest BCUT2D eigenvalue weighted by Crippen LogP contribution is 2.10. The molecule has 3 heteroatoms. The minimum Gasteiger partial charge on any atom is -0.397 e. The molecule has 0 aliphatic heterocycles. The van der Waals surface area contributed by atoms with E-state index < -0.39 is 0 Å². The fourth-order valence-corrected chi connectivity index (χ4v) is 0.783. The van der Waals surface area contributed by atoms with Crippen LogP contribution in [0.25, 0.3) is 0 Å². The van der Waals surface area contributed by atoms with Gasteiger partial charge in [0.25, 0.3) is 0 Å². The Morgan fingerprint density at radius 3 is 2.38 bits per heavy atom. The Kier molecular flexibility index (Phi) is 1.18. The molecule has 0 aliphatic rings. The summed E-state index contributed by atoms with van der Waals surface area (Å²) in [5.74, 6) is 0. The molecule has 0 unspecified atom stereocenters. The second-order valence-corrected chi connectivity index (χ2v) is 2.13. The van der Waals surface area contributed by atoms with Crippen LogP contribution in [0.4, 0.5) is 5.69 Å². The molecule has 8 heavy (non-hydrogen) atoms. The van der Waals surface area contributed by atoms with E-state index in [1.54, 1.807) is 12.4 Å². The summed E-state index contributed by atoms with van der Waals surface area (Å²) in [4.78, 5) is 0. The van der Waals surface area contributed by atoms with Crippen LogP contribution in [0.5, 0.6) is 0 Å². The van der Waals surface area contributed by atoms with Crippen molar-refractivity contribution >= 4 is 17.5 Å². The van der Waals surface area contributed by atoms with E-state index in [9.17, 15) is 0 Å². The minimum absolute atomic E-state index is 0.736. The molecule has 0 fully saturated rings. The van der Waals surface area contributed by atoms with Crippen LogP contribution >= 0.6 is 11.8 Å². The highest BCUT2D eigenvalue weighted by Gasteiger charge is 1.93. The molecule has 2 N–H and O–H groups in total. The van der Waals surface area contributed by atoms with E-state index in [-0.39, 0.29) is 0 Å². The number of aryl methyl sites for hydroxylation is 1. The van der Waals surface area contributed by atoms with Gasteiger partial charge in [0.15, 0.2) is 0 Å². The summed E-state index contributed by atoms with van der Waals surface area (Å²) in [6.45, 7) is 1.91. The van der Waals surface area contributed by atoms with Crippen LogP contribution in [-0.4, -0.2) is 4.09 Å². The fraction of sp³-hybridized carbons (Fsp3) is 0.200. The summed E-state index contributed by atoms with van der Waals surface area (Å²) in [7, 11) is 0. The molecule has 1 heterocycles. The first-order chi connectivity index (χ1) is 3.70. The smallest absolute Gasteiger partial charge is 0.0538 e. The Morgan fingerprint density at radius 1 is 1.62 bits per heavy atom. The quantitative estimate of drug-likeness (QED) is 0.565. The molecular formula is C5H7ClN2. The monoisotopic (exact) mass is 130 g/mol. The Morgan fingerprint density at radius 2 is 2.25 bits per heavy atom. The van der Waals surface area contributed by atoms with E-state index >= 15 is 0 Å². The number of aromatic nitrogens is 1. The van der Waals surface area contributed by atoms with Crippen LogP contribution in [0.15, 0.2) is 12.4 Å². The number of nitrogens with zero attached hydrogens (tertiary/aromatic N) is 1. The van der Waals surface area contributed by atoms with E-state index in [1.807, 2.05) is 6.92 Å². The first kappa shape index (κ1) is 5.51. The van der Waals surface area contributed by atoms with Crippen molar-refractivity contribution in [2.45, 2.75) is 6.92 Å². The van der Waals surface area contributed by atoms with E-state index in [2.05, 4.69) is 0 Å². The normalized spacial score (nSPS) is 9.75. The van der Waals surface area contributed by atoms with Crippen molar-refractivity contribution in [2.24, 2.45) is 0 Å². The van der Waals surface area contributed by atoms with Crippen LogP contribution in [0.2, 0.25) is 0 Å². The lowest BCUT2D eigenvalue weighted by atomic mass is 10.3. The molecule has 44 valence electrons. The van der Waals surface area contributed by atoms with Gasteiger partial charge in [-0.3, -0.25) is 4.09 Å². The molecule has 1 aromatic rings. The first-order valence-corrected chi connectivity index (χ1v) is 2.64. The van der Waals surface area contributed by atoms with E-state index in [4.69, 9.17) is 17.5 Å². The van der Waals surface area contributed by atoms with Gasteiger partial charge in [-0.15, -0.1) is 0 Å². The molecule has 0 amide bonds. The predicted octanol–water partition coefficient (Wildman–Crippen LogP) is 1.38. The molecule has 0 spiro atoms. The lowest BCUT2D eigenvalue weighted by molar-refractivity contribution is 1.25. The van der Waals surface area contributed by atoms with Gasteiger partial charge in [0.05, 0.1) is 5.69 Å². The number of rotatable bonds is 0. The minimum atomic E-state index is 0.736. The zero-order valence-electron chi connectivity index (χ0n) is 4.56. The van der Waals surface area contributed by atoms with Crippen molar-refractivity contribution in [2.75, 3.05) is 5.73 Å². The van der Waals surface area contributed by atoms with Gasteiger partial charge in [0.1, 0.15) is 0 Å². The third kappa shape index (κ3) is 0.793. The molecule has 2 nitrogen and oxygen atoms in total. The Labute approximate surface area is 53.0 Å². The maximum atomic E-state index is 5.50. The second-order valence-electron chi connectivity index (χ2n) is 1.74. The number of hydrogen-bond donors (Lipinski definition) is 1. The summed E-state index contributed by atoms with van der Waals surface area (Å²) in [5, 5.41) is 0. The molecule has 1 rings (SSSR count). The third-order valence-corrected chi connectivity index (χ3v) is 1.23. The number of anilines is 1. The first-order valence-electron chi connectivity index (χ1n) is 2.30. The molecule has 0 bridgehead atoms. The van der Waals surface area contributed by atoms with Crippen molar-refractivity contribution < 1.29 is 0 Å². The number of nitrogens with two attached hydrogens (primary N) is 1. The van der Waals surface area contributed by atoms with Crippen molar-refractivity contribution in [3.8, 4) is 0 Å². The molecule has 0 aromatic carbocycles. The average molecular weight is 131 g/mol. The Hall–Kier alpha value is -0.630. The van der Waals surface area contributed by atoms with Gasteiger partial charge in [-0.2, -0.15) is 0 Å². The van der Waals surface area contributed by atoms with Crippen molar-refractivity contribution in [3.63, 3.8) is 0 Å². The molecule has 0 saturated heterocycles. The van der Waals surface area contributed by atoms with E-state index in [1.165, 1.54) is 4.09 Å². The van der Waals surface area contributed by atoms with Crippen LogP contribution in [0.1, 0.15) is 5.56 Å². The third-order valence-electron chi connectivity index (χ3n) is 1.03. The lowest BCUT2D eigenvalue weighted by Gasteiger charge is -1.80. The fourth-order valence-electron chi connectivity index (χ4n) is 0.531. The number of halogens is 1. The van der Waals surface area contributed by atoms with Crippen molar-refractivity contribution in [1.29, 1.82) is 0 Å². The molecular weight excluding hydrogens is 124 g/mol. The molecule has 0 aliphatic carbocycles. The van der Waals surface area contributed by atoms with Gasteiger partial charge < -0.3 is 5.73 Å². The second kappa shape index (κ2) is 1.71. The zero-order chi connectivity index (χ0) is 6.15. The van der Waals surface area contributed by atoms with Gasteiger partial charge in [0.2, 0.25) is 0 Å². The van der Waals surface area contributed by atoms with Crippen molar-refractivity contribution in [3.05, 3.63) is 18.0 Å². The summed E-state index contributed by atoms with van der Waals surface area (Å²) >= 11 is 5.50. The summed E-state index contributed by atoms with van der Waals surface area (Å²) < 4.78 is 1.42. The standard InChI is InChI=1S/C5H7ClN2/c1-4-2-8(6)3-5(4)7/h2-3H,7H2,1H3. The zero-order valence-corrected chi connectivity index (χ0v) is 5.31. The van der Waals surface area contributed by atoms with Gasteiger partial charge >= 0.3 is 0 Å². The molecule has 0 radical (unpaired) electrons. The summed E-state index contributed by atoms with van der Waals surface area (Å²) in [6.07, 6.45) is 3.42.